The van der Waals surface area contributed by atoms with E-state index in [1.807, 2.05) is 12.1 Å². The summed E-state index contributed by atoms with van der Waals surface area (Å²) < 4.78 is 62.0. The molecule has 0 amide bonds. The quantitative estimate of drug-likeness (QED) is 0.290. The predicted octanol–water partition coefficient (Wildman–Crippen LogP) is 7.25. The summed E-state index contributed by atoms with van der Waals surface area (Å²) in [4.78, 5) is 0. The van der Waals surface area contributed by atoms with Crippen molar-refractivity contribution in [2.24, 2.45) is 5.92 Å². The van der Waals surface area contributed by atoms with E-state index in [1.165, 1.54) is 37.3 Å². The predicted molar refractivity (Wildman–Crippen MR) is 107 cm³/mol. The van der Waals surface area contributed by atoms with Crippen LogP contribution in [-0.4, -0.2) is 0 Å². The normalized spacial score (nSPS) is 31.9. The van der Waals surface area contributed by atoms with E-state index in [4.69, 9.17) is 4.74 Å². The van der Waals surface area contributed by atoms with Gasteiger partial charge in [-0.15, -0.1) is 0 Å². The molecule has 2 aliphatic carbocycles. The second-order valence-electron chi connectivity index (χ2n) is 8.87. The summed E-state index contributed by atoms with van der Waals surface area (Å²) in [6.07, 6.45) is 10.5. The molecule has 30 heavy (non-hydrogen) atoms. The number of ether oxygens (including phenoxy) is 1. The van der Waals surface area contributed by atoms with Crippen molar-refractivity contribution in [2.45, 2.75) is 62.8 Å². The maximum absolute atomic E-state index is 15.7. The van der Waals surface area contributed by atoms with Crippen LogP contribution in [-0.2, 0) is 16.2 Å². The fraction of sp³-hybridized carbons (Fsp3) is 0.440. The number of rotatable bonds is 4. The van der Waals surface area contributed by atoms with E-state index in [0.717, 1.165) is 36.5 Å². The first-order valence-corrected chi connectivity index (χ1v) is 10.8. The Hall–Kier alpha value is -2.14. The zero-order chi connectivity index (χ0) is 21.1. The summed E-state index contributed by atoms with van der Waals surface area (Å²) in [5.74, 6) is -5.20. The summed E-state index contributed by atoms with van der Waals surface area (Å²) in [7, 11) is 0. The van der Waals surface area contributed by atoms with Crippen LogP contribution in [0.15, 0.2) is 36.4 Å². The van der Waals surface area contributed by atoms with Crippen LogP contribution in [0.1, 0.15) is 73.6 Å². The van der Waals surface area contributed by atoms with Crippen LogP contribution in [0.3, 0.4) is 0 Å². The Kier molecular flexibility index (Phi) is 4.58. The maximum Gasteiger partial charge on any atom is 0.274 e. The van der Waals surface area contributed by atoms with Gasteiger partial charge in [0, 0.05) is 11.1 Å². The zero-order valence-electron chi connectivity index (χ0n) is 16.9. The molecule has 0 N–H and O–H groups in total. The number of halogens is 4. The summed E-state index contributed by atoms with van der Waals surface area (Å²) in [6, 6.07) is 7.29. The van der Waals surface area contributed by atoms with Crippen LogP contribution in [0.25, 0.3) is 6.08 Å². The van der Waals surface area contributed by atoms with Crippen molar-refractivity contribution in [3.05, 3.63) is 76.1 Å². The van der Waals surface area contributed by atoms with E-state index in [-0.39, 0.29) is 5.56 Å². The Labute approximate surface area is 173 Å². The van der Waals surface area contributed by atoms with Gasteiger partial charge in [0.25, 0.3) is 5.85 Å². The van der Waals surface area contributed by atoms with Crippen molar-refractivity contribution < 1.29 is 22.3 Å². The smallest absolute Gasteiger partial charge is 0.274 e. The first-order chi connectivity index (χ1) is 14.4. The first-order valence-electron chi connectivity index (χ1n) is 10.8. The minimum atomic E-state index is -2.20. The molecule has 1 saturated carbocycles. The fourth-order valence-corrected chi connectivity index (χ4v) is 5.37. The number of fused-ring (bicyclic) bond motifs is 3. The summed E-state index contributed by atoms with van der Waals surface area (Å²) in [5.41, 5.74) is 0.584. The van der Waals surface area contributed by atoms with E-state index < -0.39 is 28.9 Å². The molecule has 2 aromatic rings. The van der Waals surface area contributed by atoms with Crippen LogP contribution in [0.5, 0.6) is 0 Å². The molecule has 1 nitrogen and oxygen atoms in total. The Balaban J connectivity index is 1.43. The van der Waals surface area contributed by atoms with Gasteiger partial charge in [0.2, 0.25) is 0 Å². The maximum atomic E-state index is 15.7. The second kappa shape index (κ2) is 6.94. The molecule has 5 heteroatoms. The monoisotopic (exact) mass is 416 g/mol. The minimum Gasteiger partial charge on any atom is -0.317 e. The highest BCUT2D eigenvalue weighted by atomic mass is 19.2. The molecule has 0 radical (unpaired) electrons. The summed E-state index contributed by atoms with van der Waals surface area (Å²) in [6.45, 7) is 2.23. The molecule has 1 heterocycles. The minimum absolute atomic E-state index is 0.0679. The van der Waals surface area contributed by atoms with Crippen molar-refractivity contribution in [2.75, 3.05) is 0 Å². The van der Waals surface area contributed by atoms with E-state index in [1.54, 1.807) is 12.1 Å². The van der Waals surface area contributed by atoms with Crippen LogP contribution < -0.4 is 0 Å². The molecule has 5 rings (SSSR count). The molecule has 2 fully saturated rings. The number of alkyl halides is 1. The fourth-order valence-electron chi connectivity index (χ4n) is 5.37. The van der Waals surface area contributed by atoms with Crippen LogP contribution >= 0.6 is 0 Å². The summed E-state index contributed by atoms with van der Waals surface area (Å²) >= 11 is 0. The molecule has 3 aliphatic rings. The third kappa shape index (κ3) is 2.85. The molecule has 158 valence electrons. The van der Waals surface area contributed by atoms with Crippen molar-refractivity contribution >= 4 is 6.08 Å². The average molecular weight is 416 g/mol. The highest BCUT2D eigenvalue weighted by molar-refractivity contribution is 5.66. The Morgan fingerprint density at radius 2 is 1.70 bits per heavy atom. The van der Waals surface area contributed by atoms with Gasteiger partial charge in [-0.25, -0.2) is 17.6 Å². The van der Waals surface area contributed by atoms with Crippen LogP contribution in [0, 0.1) is 23.4 Å². The Morgan fingerprint density at radius 1 is 1.00 bits per heavy atom. The lowest BCUT2D eigenvalue weighted by Gasteiger charge is -2.29. The number of hydrogen-bond acceptors (Lipinski definition) is 1. The lowest BCUT2D eigenvalue weighted by atomic mass is 9.76. The van der Waals surface area contributed by atoms with Crippen LogP contribution in [0.2, 0.25) is 0 Å². The van der Waals surface area contributed by atoms with Crippen molar-refractivity contribution in [1.82, 2.24) is 0 Å². The van der Waals surface area contributed by atoms with Crippen molar-refractivity contribution in [1.29, 1.82) is 0 Å². The molecule has 1 saturated heterocycles. The van der Waals surface area contributed by atoms with Crippen molar-refractivity contribution in [3.8, 4) is 0 Å². The Bertz CT molecular complexity index is 1000. The van der Waals surface area contributed by atoms with Crippen LogP contribution in [0.4, 0.5) is 17.6 Å². The highest BCUT2D eigenvalue weighted by Gasteiger charge is 2.74. The van der Waals surface area contributed by atoms with Gasteiger partial charge in [0.1, 0.15) is 0 Å². The Morgan fingerprint density at radius 3 is 2.37 bits per heavy atom. The third-order valence-corrected chi connectivity index (χ3v) is 7.09. The number of hydrogen-bond donors (Lipinski definition) is 0. The molecule has 2 atom stereocenters. The molecule has 0 aromatic heterocycles. The van der Waals surface area contributed by atoms with Gasteiger partial charge < -0.3 is 4.74 Å². The molecule has 1 aliphatic heterocycles. The van der Waals surface area contributed by atoms with Gasteiger partial charge in [-0.2, -0.15) is 0 Å². The van der Waals surface area contributed by atoms with Gasteiger partial charge >= 0.3 is 0 Å². The van der Waals surface area contributed by atoms with E-state index in [9.17, 15) is 13.2 Å². The van der Waals surface area contributed by atoms with E-state index in [2.05, 4.69) is 6.92 Å². The van der Waals surface area contributed by atoms with Crippen molar-refractivity contribution in [3.63, 3.8) is 0 Å². The standard InChI is InChI=1S/C25H24F4O/c1-2-3-15-4-6-16(7-5-15)17-8-9-20-18(12-17)10-11-24(25(20,29)30-24)19-13-21(26)23(28)22(27)14-19/h8-16H,2-7H2,1H3. The highest BCUT2D eigenvalue weighted by Crippen LogP contribution is 2.67. The molecular weight excluding hydrogens is 392 g/mol. The molecular formula is C25H24F4O. The number of epoxide rings is 1. The van der Waals surface area contributed by atoms with E-state index >= 15 is 4.39 Å². The molecule has 2 unspecified atom stereocenters. The third-order valence-electron chi connectivity index (χ3n) is 7.09. The molecule has 0 bridgehead atoms. The largest absolute Gasteiger partial charge is 0.317 e. The topological polar surface area (TPSA) is 12.5 Å². The van der Waals surface area contributed by atoms with Gasteiger partial charge in [-0.1, -0.05) is 44.0 Å². The lowest BCUT2D eigenvalue weighted by Crippen LogP contribution is -2.21. The van der Waals surface area contributed by atoms with E-state index in [0.29, 0.717) is 11.5 Å². The van der Waals surface area contributed by atoms with Gasteiger partial charge in [0.15, 0.2) is 23.1 Å². The average Bonchev–Trinajstić information content (AvgIpc) is 3.40. The van der Waals surface area contributed by atoms with Gasteiger partial charge in [0.05, 0.1) is 0 Å². The molecule has 2 aromatic carbocycles. The molecule has 0 spiro atoms. The second-order valence-corrected chi connectivity index (χ2v) is 8.87. The summed E-state index contributed by atoms with van der Waals surface area (Å²) in [5, 5.41) is 0. The number of benzene rings is 2. The lowest BCUT2D eigenvalue weighted by molar-refractivity contribution is 0.140. The SMILES string of the molecule is CCCC1CCC(c2ccc3c(c2)C=CC2(c4cc(F)c(F)c(F)c4)OC32F)CC1. The zero-order valence-corrected chi connectivity index (χ0v) is 16.9. The van der Waals surface area contributed by atoms with Gasteiger partial charge in [-0.3, -0.25) is 0 Å². The van der Waals surface area contributed by atoms with Gasteiger partial charge in [-0.05, 0) is 66.9 Å². The first kappa shape index (κ1) is 19.8.